The van der Waals surface area contributed by atoms with Gasteiger partial charge in [-0.3, -0.25) is 0 Å². The summed E-state index contributed by atoms with van der Waals surface area (Å²) in [6.45, 7) is 5.01. The van der Waals surface area contributed by atoms with Crippen molar-refractivity contribution >= 4 is 5.95 Å². The van der Waals surface area contributed by atoms with Gasteiger partial charge in [-0.05, 0) is 39.0 Å². The maximum atomic E-state index is 5.94. The Hall–Kier alpha value is -1.32. The maximum Gasteiger partial charge on any atom is 0.225 e. The van der Waals surface area contributed by atoms with Gasteiger partial charge < -0.3 is 10.1 Å². The number of nitrogens with one attached hydrogen (secondary N) is 1. The fraction of sp³-hybridized carbons (Fsp3) is 0.692. The van der Waals surface area contributed by atoms with Crippen molar-refractivity contribution in [3.63, 3.8) is 0 Å². The summed E-state index contributed by atoms with van der Waals surface area (Å²) in [4.78, 5) is 8.68. The number of ether oxygens (including phenoxy) is 1. The van der Waals surface area contributed by atoms with Crippen LogP contribution in [0.2, 0.25) is 0 Å². The van der Waals surface area contributed by atoms with Crippen molar-refractivity contribution in [3.8, 4) is 5.88 Å². The number of anilines is 1. The molecule has 1 heterocycles. The van der Waals surface area contributed by atoms with E-state index in [1.807, 2.05) is 13.1 Å². The van der Waals surface area contributed by atoms with E-state index in [0.29, 0.717) is 12.1 Å². The molecule has 1 fully saturated rings. The lowest BCUT2D eigenvalue weighted by atomic mass is 10.3. The number of aryl methyl sites for hydroxylation is 1. The number of nitrogens with zero attached hydrogens (tertiary/aromatic N) is 2. The summed E-state index contributed by atoms with van der Waals surface area (Å²) in [6.07, 6.45) is 8.10. The third-order valence-electron chi connectivity index (χ3n) is 3.04. The van der Waals surface area contributed by atoms with E-state index in [9.17, 15) is 0 Å². The van der Waals surface area contributed by atoms with Crippen molar-refractivity contribution < 1.29 is 4.74 Å². The first-order valence-electron chi connectivity index (χ1n) is 6.53. The molecule has 1 N–H and O–H groups in total. The second-order valence-corrected chi connectivity index (χ2v) is 4.63. The van der Waals surface area contributed by atoms with Crippen LogP contribution in [0, 0.1) is 6.92 Å². The Bertz CT molecular complexity index is 362. The van der Waals surface area contributed by atoms with Crippen LogP contribution in [0.5, 0.6) is 5.88 Å². The van der Waals surface area contributed by atoms with Gasteiger partial charge in [-0.25, -0.2) is 4.98 Å². The highest BCUT2D eigenvalue weighted by molar-refractivity contribution is 5.32. The molecule has 2 rings (SSSR count). The van der Waals surface area contributed by atoms with Crippen LogP contribution in [0.25, 0.3) is 0 Å². The smallest absolute Gasteiger partial charge is 0.225 e. The van der Waals surface area contributed by atoms with E-state index < -0.39 is 0 Å². The monoisotopic (exact) mass is 235 g/mol. The lowest BCUT2D eigenvalue weighted by Crippen LogP contribution is -2.14. The molecule has 1 aliphatic carbocycles. The summed E-state index contributed by atoms with van der Waals surface area (Å²) >= 11 is 0. The summed E-state index contributed by atoms with van der Waals surface area (Å²) in [5, 5.41) is 3.18. The standard InChI is InChI=1S/C13H21N3O/c1-3-8-14-13-15-9-10(2)12(16-13)17-11-6-4-5-7-11/h9,11H,3-8H2,1-2H3,(H,14,15,16). The van der Waals surface area contributed by atoms with Crippen molar-refractivity contribution in [3.05, 3.63) is 11.8 Å². The Morgan fingerprint density at radius 1 is 1.41 bits per heavy atom. The predicted octanol–water partition coefficient (Wildman–Crippen LogP) is 2.93. The Labute approximate surface area is 103 Å². The summed E-state index contributed by atoms with van der Waals surface area (Å²) in [5.41, 5.74) is 1.01. The molecular formula is C13H21N3O. The molecule has 0 amide bonds. The van der Waals surface area contributed by atoms with Crippen molar-refractivity contribution in [1.82, 2.24) is 9.97 Å². The lowest BCUT2D eigenvalue weighted by Gasteiger charge is -2.14. The molecule has 1 aromatic rings. The second-order valence-electron chi connectivity index (χ2n) is 4.63. The minimum absolute atomic E-state index is 0.350. The minimum atomic E-state index is 0.350. The molecule has 0 aliphatic heterocycles. The van der Waals surface area contributed by atoms with Gasteiger partial charge in [0.15, 0.2) is 0 Å². The summed E-state index contributed by atoms with van der Waals surface area (Å²) in [5.74, 6) is 1.41. The number of hydrogen-bond acceptors (Lipinski definition) is 4. The number of hydrogen-bond donors (Lipinski definition) is 1. The lowest BCUT2D eigenvalue weighted by molar-refractivity contribution is 0.200. The van der Waals surface area contributed by atoms with Crippen LogP contribution < -0.4 is 10.1 Å². The number of rotatable bonds is 5. The molecule has 94 valence electrons. The van der Waals surface area contributed by atoms with Gasteiger partial charge in [0.25, 0.3) is 0 Å². The first kappa shape index (κ1) is 12.1. The zero-order chi connectivity index (χ0) is 12.1. The molecule has 0 saturated heterocycles. The van der Waals surface area contributed by atoms with E-state index in [4.69, 9.17) is 4.74 Å². The van der Waals surface area contributed by atoms with Gasteiger partial charge in [-0.15, -0.1) is 0 Å². The highest BCUT2D eigenvalue weighted by Gasteiger charge is 2.18. The van der Waals surface area contributed by atoms with E-state index in [-0.39, 0.29) is 0 Å². The number of aromatic nitrogens is 2. The van der Waals surface area contributed by atoms with Crippen LogP contribution in [0.15, 0.2) is 6.20 Å². The zero-order valence-electron chi connectivity index (χ0n) is 10.7. The van der Waals surface area contributed by atoms with Crippen LogP contribution in [-0.2, 0) is 0 Å². The molecule has 1 saturated carbocycles. The first-order chi connectivity index (χ1) is 8.29. The summed E-state index contributed by atoms with van der Waals surface area (Å²) in [7, 11) is 0. The first-order valence-corrected chi connectivity index (χ1v) is 6.53. The van der Waals surface area contributed by atoms with Crippen molar-refractivity contribution in [2.24, 2.45) is 0 Å². The fourth-order valence-electron chi connectivity index (χ4n) is 2.03. The highest BCUT2D eigenvalue weighted by atomic mass is 16.5. The van der Waals surface area contributed by atoms with E-state index in [1.165, 1.54) is 12.8 Å². The quantitative estimate of drug-likeness (QED) is 0.852. The van der Waals surface area contributed by atoms with Gasteiger partial charge in [0.1, 0.15) is 6.10 Å². The predicted molar refractivity (Wildman–Crippen MR) is 68.4 cm³/mol. The Morgan fingerprint density at radius 3 is 2.88 bits per heavy atom. The molecule has 0 aromatic carbocycles. The third kappa shape index (κ3) is 3.32. The molecule has 0 atom stereocenters. The summed E-state index contributed by atoms with van der Waals surface area (Å²) < 4.78 is 5.94. The van der Waals surface area contributed by atoms with Crippen molar-refractivity contribution in [1.29, 1.82) is 0 Å². The molecule has 0 unspecified atom stereocenters. The Balaban J connectivity index is 2.03. The second kappa shape index (κ2) is 5.84. The van der Waals surface area contributed by atoms with Crippen LogP contribution >= 0.6 is 0 Å². The molecule has 1 aromatic heterocycles. The van der Waals surface area contributed by atoms with Crippen LogP contribution in [0.3, 0.4) is 0 Å². The van der Waals surface area contributed by atoms with E-state index in [2.05, 4.69) is 22.2 Å². The van der Waals surface area contributed by atoms with E-state index in [1.54, 1.807) is 0 Å². The normalized spacial score (nSPS) is 16.1. The van der Waals surface area contributed by atoms with Crippen molar-refractivity contribution in [2.75, 3.05) is 11.9 Å². The Morgan fingerprint density at radius 2 is 2.18 bits per heavy atom. The Kier molecular flexibility index (Phi) is 4.18. The molecule has 0 spiro atoms. The molecule has 4 nitrogen and oxygen atoms in total. The largest absolute Gasteiger partial charge is 0.474 e. The zero-order valence-corrected chi connectivity index (χ0v) is 10.7. The SMILES string of the molecule is CCCNc1ncc(C)c(OC2CCCC2)n1. The molecule has 1 aliphatic rings. The molecule has 0 radical (unpaired) electrons. The topological polar surface area (TPSA) is 47.0 Å². The van der Waals surface area contributed by atoms with Gasteiger partial charge >= 0.3 is 0 Å². The van der Waals surface area contributed by atoms with Gasteiger partial charge in [0.05, 0.1) is 0 Å². The molecule has 0 bridgehead atoms. The van der Waals surface area contributed by atoms with Crippen molar-refractivity contribution in [2.45, 2.75) is 52.1 Å². The van der Waals surface area contributed by atoms with E-state index >= 15 is 0 Å². The maximum absolute atomic E-state index is 5.94. The third-order valence-corrected chi connectivity index (χ3v) is 3.04. The molecule has 17 heavy (non-hydrogen) atoms. The average molecular weight is 235 g/mol. The van der Waals surface area contributed by atoms with Gasteiger partial charge in [-0.2, -0.15) is 4.98 Å². The van der Waals surface area contributed by atoms with Crippen LogP contribution in [-0.4, -0.2) is 22.6 Å². The van der Waals surface area contributed by atoms with Gasteiger partial charge in [0, 0.05) is 18.3 Å². The van der Waals surface area contributed by atoms with Gasteiger partial charge in [-0.1, -0.05) is 6.92 Å². The minimum Gasteiger partial charge on any atom is -0.474 e. The van der Waals surface area contributed by atoms with Crippen LogP contribution in [0.4, 0.5) is 5.95 Å². The molecule has 4 heteroatoms. The van der Waals surface area contributed by atoms with Crippen LogP contribution in [0.1, 0.15) is 44.6 Å². The van der Waals surface area contributed by atoms with E-state index in [0.717, 1.165) is 37.3 Å². The average Bonchev–Trinajstić information content (AvgIpc) is 2.83. The summed E-state index contributed by atoms with van der Waals surface area (Å²) in [6, 6.07) is 0. The van der Waals surface area contributed by atoms with Gasteiger partial charge in [0.2, 0.25) is 11.8 Å². The molecular weight excluding hydrogens is 214 g/mol. The fourth-order valence-corrected chi connectivity index (χ4v) is 2.03. The highest BCUT2D eigenvalue weighted by Crippen LogP contribution is 2.25.